The Kier molecular flexibility index (Phi) is 4.36. The van der Waals surface area contributed by atoms with Gasteiger partial charge in [-0.2, -0.15) is 0 Å². The Balaban J connectivity index is 2.04. The highest BCUT2D eigenvalue weighted by Crippen LogP contribution is 2.02. The summed E-state index contributed by atoms with van der Waals surface area (Å²) < 4.78 is 5.27. The molecule has 0 bridgehead atoms. The summed E-state index contributed by atoms with van der Waals surface area (Å²) in [7, 11) is 0. The van der Waals surface area contributed by atoms with Crippen LogP contribution < -0.4 is 10.0 Å². The third kappa shape index (κ3) is 4.26. The van der Waals surface area contributed by atoms with Crippen LogP contribution in [0.4, 0.5) is 0 Å². The van der Waals surface area contributed by atoms with Crippen molar-refractivity contribution in [3.05, 3.63) is 59.5 Å². The van der Waals surface area contributed by atoms with E-state index in [0.717, 1.165) is 16.2 Å². The van der Waals surface area contributed by atoms with Gasteiger partial charge in [-0.3, -0.25) is 0 Å². The quantitative estimate of drug-likeness (QED) is 0.789. The number of hydrogen-bond acceptors (Lipinski definition) is 3. The third-order valence-corrected chi connectivity index (χ3v) is 2.97. The average Bonchev–Trinajstić information content (AvgIpc) is 2.84. The SMILES string of the molecule is Cc1ccc(C[NH+](CC(=O)[O-])Cc2ccco2)cc1. The molecular formula is C15H17NO3. The molecule has 2 rings (SSSR count). The summed E-state index contributed by atoms with van der Waals surface area (Å²) in [6.45, 7) is 3.16. The van der Waals surface area contributed by atoms with Crippen LogP contribution in [0, 0.1) is 6.92 Å². The van der Waals surface area contributed by atoms with E-state index in [4.69, 9.17) is 4.42 Å². The van der Waals surface area contributed by atoms with Crippen molar-refractivity contribution < 1.29 is 19.2 Å². The van der Waals surface area contributed by atoms with Gasteiger partial charge in [-0.1, -0.05) is 29.8 Å². The normalized spacial score (nSPS) is 12.3. The van der Waals surface area contributed by atoms with Crippen molar-refractivity contribution in [2.24, 2.45) is 0 Å². The van der Waals surface area contributed by atoms with E-state index in [0.29, 0.717) is 13.1 Å². The van der Waals surface area contributed by atoms with Crippen LogP contribution in [0.5, 0.6) is 0 Å². The lowest BCUT2D eigenvalue weighted by Crippen LogP contribution is -3.10. The smallest absolute Gasteiger partial charge is 0.157 e. The molecule has 0 aliphatic carbocycles. The monoisotopic (exact) mass is 259 g/mol. The number of nitrogens with one attached hydrogen (secondary N) is 1. The molecule has 0 saturated heterocycles. The van der Waals surface area contributed by atoms with E-state index < -0.39 is 5.97 Å². The number of carbonyl (C=O) groups excluding carboxylic acids is 1. The van der Waals surface area contributed by atoms with E-state index in [1.807, 2.05) is 37.3 Å². The van der Waals surface area contributed by atoms with Crippen LogP contribution >= 0.6 is 0 Å². The first-order valence-corrected chi connectivity index (χ1v) is 6.25. The van der Waals surface area contributed by atoms with Crippen molar-refractivity contribution in [2.45, 2.75) is 20.0 Å². The van der Waals surface area contributed by atoms with Crippen LogP contribution in [0.1, 0.15) is 16.9 Å². The van der Waals surface area contributed by atoms with Crippen LogP contribution in [-0.2, 0) is 17.9 Å². The first kappa shape index (κ1) is 13.4. The van der Waals surface area contributed by atoms with Gasteiger partial charge in [-0.25, -0.2) is 0 Å². The molecule has 1 N–H and O–H groups in total. The second-order valence-electron chi connectivity index (χ2n) is 4.72. The number of aliphatic carboxylic acids is 1. The van der Waals surface area contributed by atoms with Gasteiger partial charge in [-0.05, 0) is 19.1 Å². The topological polar surface area (TPSA) is 57.7 Å². The second-order valence-corrected chi connectivity index (χ2v) is 4.72. The molecule has 0 fully saturated rings. The van der Waals surface area contributed by atoms with E-state index in [1.165, 1.54) is 5.56 Å². The van der Waals surface area contributed by atoms with E-state index in [1.54, 1.807) is 12.3 Å². The van der Waals surface area contributed by atoms with Gasteiger partial charge >= 0.3 is 0 Å². The van der Waals surface area contributed by atoms with Crippen molar-refractivity contribution in [3.63, 3.8) is 0 Å². The molecule has 0 amide bonds. The van der Waals surface area contributed by atoms with Crippen molar-refractivity contribution in [2.75, 3.05) is 6.54 Å². The van der Waals surface area contributed by atoms with E-state index in [9.17, 15) is 9.90 Å². The Morgan fingerprint density at radius 1 is 1.21 bits per heavy atom. The average molecular weight is 259 g/mol. The number of carboxylic acid groups (broad SMARTS) is 1. The summed E-state index contributed by atoms with van der Waals surface area (Å²) in [5, 5.41) is 10.8. The van der Waals surface area contributed by atoms with Crippen LogP contribution in [0.3, 0.4) is 0 Å². The maximum absolute atomic E-state index is 10.8. The molecule has 1 heterocycles. The molecule has 2 aromatic rings. The number of carboxylic acids is 1. The van der Waals surface area contributed by atoms with Crippen LogP contribution in [-0.4, -0.2) is 12.5 Å². The van der Waals surface area contributed by atoms with Gasteiger partial charge in [0.2, 0.25) is 0 Å². The fraction of sp³-hybridized carbons (Fsp3) is 0.267. The number of benzene rings is 1. The van der Waals surface area contributed by atoms with Crippen molar-refractivity contribution in [3.8, 4) is 0 Å². The first-order valence-electron chi connectivity index (χ1n) is 6.25. The molecule has 0 saturated carbocycles. The zero-order valence-electron chi connectivity index (χ0n) is 10.9. The van der Waals surface area contributed by atoms with Gasteiger partial charge in [0.15, 0.2) is 5.76 Å². The molecule has 1 unspecified atom stereocenters. The van der Waals surface area contributed by atoms with Crippen molar-refractivity contribution in [1.29, 1.82) is 0 Å². The maximum atomic E-state index is 10.8. The predicted molar refractivity (Wildman–Crippen MR) is 68.1 cm³/mol. The lowest BCUT2D eigenvalue weighted by molar-refractivity contribution is -0.922. The van der Waals surface area contributed by atoms with Gasteiger partial charge in [0.1, 0.15) is 19.6 Å². The third-order valence-electron chi connectivity index (χ3n) is 2.97. The van der Waals surface area contributed by atoms with Gasteiger partial charge in [-0.15, -0.1) is 0 Å². The summed E-state index contributed by atoms with van der Waals surface area (Å²) in [6, 6.07) is 11.7. The highest BCUT2D eigenvalue weighted by Gasteiger charge is 2.12. The molecule has 1 aromatic carbocycles. The largest absolute Gasteiger partial charge is 0.544 e. The molecular weight excluding hydrogens is 242 g/mol. The zero-order chi connectivity index (χ0) is 13.7. The highest BCUT2D eigenvalue weighted by atomic mass is 16.4. The van der Waals surface area contributed by atoms with Gasteiger partial charge in [0, 0.05) is 5.56 Å². The van der Waals surface area contributed by atoms with E-state index in [2.05, 4.69) is 0 Å². The lowest BCUT2D eigenvalue weighted by atomic mass is 10.1. The fourth-order valence-corrected chi connectivity index (χ4v) is 2.05. The van der Waals surface area contributed by atoms with Crippen LogP contribution in [0.2, 0.25) is 0 Å². The van der Waals surface area contributed by atoms with Crippen molar-refractivity contribution >= 4 is 5.97 Å². The van der Waals surface area contributed by atoms with Gasteiger partial charge < -0.3 is 19.2 Å². The molecule has 0 radical (unpaired) electrons. The number of hydrogen-bond donors (Lipinski definition) is 1. The molecule has 4 heteroatoms. The van der Waals surface area contributed by atoms with Gasteiger partial charge in [0.05, 0.1) is 12.2 Å². The first-order chi connectivity index (χ1) is 9.13. The second kappa shape index (κ2) is 6.20. The predicted octanol–water partition coefficient (Wildman–Crippen LogP) is -0.0770. The van der Waals surface area contributed by atoms with Gasteiger partial charge in [0.25, 0.3) is 0 Å². The Morgan fingerprint density at radius 2 is 1.95 bits per heavy atom. The molecule has 0 aliphatic rings. The number of furan rings is 1. The molecule has 100 valence electrons. The Labute approximate surface area is 112 Å². The molecule has 0 aliphatic heterocycles. The fourth-order valence-electron chi connectivity index (χ4n) is 2.05. The number of quaternary nitrogens is 1. The minimum atomic E-state index is -1.05. The summed E-state index contributed by atoms with van der Waals surface area (Å²) in [5.41, 5.74) is 2.30. The van der Waals surface area contributed by atoms with Crippen molar-refractivity contribution in [1.82, 2.24) is 0 Å². The standard InChI is InChI=1S/C15H17NO3/c1-12-4-6-13(7-5-12)9-16(11-15(17)18)10-14-3-2-8-19-14/h2-8H,9-11H2,1H3,(H,17,18). The minimum absolute atomic E-state index is 0.0332. The summed E-state index contributed by atoms with van der Waals surface area (Å²) in [4.78, 5) is 11.7. The van der Waals surface area contributed by atoms with Crippen LogP contribution in [0.15, 0.2) is 47.1 Å². The Hall–Kier alpha value is -2.07. The number of rotatable bonds is 6. The molecule has 1 aromatic heterocycles. The zero-order valence-corrected chi connectivity index (χ0v) is 10.9. The van der Waals surface area contributed by atoms with E-state index >= 15 is 0 Å². The summed E-state index contributed by atoms with van der Waals surface area (Å²) in [6.07, 6.45) is 1.60. The molecule has 0 spiro atoms. The summed E-state index contributed by atoms with van der Waals surface area (Å²) in [5.74, 6) is -0.267. The Bertz CT molecular complexity index is 517. The number of aryl methyl sites for hydroxylation is 1. The molecule has 1 atom stereocenters. The van der Waals surface area contributed by atoms with E-state index in [-0.39, 0.29) is 6.54 Å². The summed E-state index contributed by atoms with van der Waals surface area (Å²) >= 11 is 0. The minimum Gasteiger partial charge on any atom is -0.544 e. The lowest BCUT2D eigenvalue weighted by Gasteiger charge is -2.19. The number of carbonyl (C=O) groups is 1. The highest BCUT2D eigenvalue weighted by molar-refractivity contribution is 5.65. The Morgan fingerprint density at radius 3 is 2.53 bits per heavy atom. The maximum Gasteiger partial charge on any atom is 0.157 e. The molecule has 4 nitrogen and oxygen atoms in total. The molecule has 19 heavy (non-hydrogen) atoms. The van der Waals surface area contributed by atoms with Crippen LogP contribution in [0.25, 0.3) is 0 Å².